The van der Waals surface area contributed by atoms with Gasteiger partial charge < -0.3 is 31.6 Å². The number of ether oxygens (including phenoxy) is 2. The minimum absolute atomic E-state index is 0.0587. The molecule has 0 radical (unpaired) electrons. The van der Waals surface area contributed by atoms with E-state index in [0.29, 0.717) is 51.2 Å². The molecule has 3 heterocycles. The number of fused-ring (bicyclic) bond motifs is 2. The summed E-state index contributed by atoms with van der Waals surface area (Å²) in [4.78, 5) is 22.2. The van der Waals surface area contributed by atoms with Gasteiger partial charge in [0.25, 0.3) is 0 Å². The zero-order valence-electron chi connectivity index (χ0n) is 22.5. The van der Waals surface area contributed by atoms with Crippen LogP contribution >= 0.6 is 23.2 Å². The largest absolute Gasteiger partial charge is 0.493 e. The molecule has 0 fully saturated rings. The van der Waals surface area contributed by atoms with Crippen LogP contribution in [-0.2, 0) is 0 Å². The lowest BCUT2D eigenvalue weighted by molar-refractivity contribution is 0.356. The van der Waals surface area contributed by atoms with Crippen LogP contribution in [0.25, 0.3) is 10.9 Å². The molecule has 13 heteroatoms. The fraction of sp³-hybridized carbons (Fsp3) is 0.138. The van der Waals surface area contributed by atoms with Crippen molar-refractivity contribution in [1.82, 2.24) is 19.9 Å². The van der Waals surface area contributed by atoms with Gasteiger partial charge in [0.2, 0.25) is 11.2 Å². The summed E-state index contributed by atoms with van der Waals surface area (Å²) in [6.45, 7) is 0. The number of hydrogen-bond donors (Lipinski definition) is 4. The van der Waals surface area contributed by atoms with Crippen molar-refractivity contribution in [3.05, 3.63) is 82.1 Å². The molecule has 1 atom stereocenters. The number of nitrogens with two attached hydrogens (primary N) is 2. The highest BCUT2D eigenvalue weighted by atomic mass is 35.5. The summed E-state index contributed by atoms with van der Waals surface area (Å²) in [5, 5.41) is 8.25. The molecule has 2 aromatic heterocycles. The van der Waals surface area contributed by atoms with Gasteiger partial charge in [-0.25, -0.2) is 9.98 Å². The van der Waals surface area contributed by atoms with Crippen LogP contribution in [0.2, 0.25) is 10.3 Å². The van der Waals surface area contributed by atoms with E-state index in [1.165, 1.54) is 0 Å². The Labute approximate surface area is 250 Å². The van der Waals surface area contributed by atoms with Crippen molar-refractivity contribution in [3.63, 3.8) is 0 Å². The van der Waals surface area contributed by atoms with Gasteiger partial charge in [0, 0.05) is 28.6 Å². The van der Waals surface area contributed by atoms with Crippen molar-refractivity contribution >= 4 is 74.6 Å². The molecule has 6 rings (SSSR count). The average Bonchev–Trinajstić information content (AvgIpc) is 3.17. The zero-order valence-corrected chi connectivity index (χ0v) is 24.0. The highest BCUT2D eigenvalue weighted by Gasteiger charge is 2.24. The summed E-state index contributed by atoms with van der Waals surface area (Å²) in [7, 11) is 3.13. The van der Waals surface area contributed by atoms with Crippen LogP contribution in [0.15, 0.2) is 65.7 Å². The van der Waals surface area contributed by atoms with Crippen LogP contribution in [0.3, 0.4) is 0 Å². The lowest BCUT2D eigenvalue weighted by atomic mass is 9.97. The molecule has 6 N–H and O–H groups in total. The molecule has 0 bridgehead atoms. The average molecular weight is 602 g/mol. The first kappa shape index (κ1) is 27.3. The van der Waals surface area contributed by atoms with Gasteiger partial charge in [-0.15, -0.1) is 0 Å². The molecule has 0 saturated heterocycles. The Hall–Kier alpha value is -4.87. The summed E-state index contributed by atoms with van der Waals surface area (Å²) in [5.41, 5.74) is 16.5. The third kappa shape index (κ3) is 5.39. The van der Waals surface area contributed by atoms with Gasteiger partial charge in [-0.05, 0) is 53.1 Å². The summed E-state index contributed by atoms with van der Waals surface area (Å²) in [6, 6.07) is 18.8. The van der Waals surface area contributed by atoms with Crippen LogP contribution in [0.4, 0.5) is 34.8 Å². The van der Waals surface area contributed by atoms with Crippen LogP contribution < -0.4 is 31.6 Å². The quantitative estimate of drug-likeness (QED) is 0.162. The highest BCUT2D eigenvalue weighted by Crippen LogP contribution is 2.39. The Balaban J connectivity index is 1.41. The van der Waals surface area contributed by atoms with Crippen molar-refractivity contribution in [1.29, 1.82) is 0 Å². The molecule has 1 aliphatic rings. The fourth-order valence-electron chi connectivity index (χ4n) is 4.81. The zero-order chi connectivity index (χ0) is 29.4. The van der Waals surface area contributed by atoms with Crippen molar-refractivity contribution in [3.8, 4) is 11.5 Å². The van der Waals surface area contributed by atoms with E-state index in [2.05, 4.69) is 30.6 Å². The maximum Gasteiger partial charge on any atom is 0.224 e. The monoisotopic (exact) mass is 601 g/mol. The van der Waals surface area contributed by atoms with Gasteiger partial charge >= 0.3 is 0 Å². The Morgan fingerprint density at radius 3 is 2.43 bits per heavy atom. The molecule has 212 valence electrons. The van der Waals surface area contributed by atoms with Crippen LogP contribution in [-0.4, -0.2) is 39.9 Å². The second-order valence-electron chi connectivity index (χ2n) is 9.45. The Morgan fingerprint density at radius 2 is 1.67 bits per heavy atom. The standard InChI is InChI=1S/C29H25Cl2N9O2/c1-41-22-11-18-21(13-23(22)42-2)37-28(31)39-26(18)34-17-5-3-4-15(10-17)20-12-19(14-6-8-16(30)9-7-14)36-27-24(35-20)25(32)38-29(33)40-27/h3-11,13,19H,12H2,1-2H3,(H,34,37,39)(H5,32,33,36,38,40). The predicted octanol–water partition coefficient (Wildman–Crippen LogP) is 6.33. The van der Waals surface area contributed by atoms with E-state index < -0.39 is 0 Å². The number of aromatic nitrogens is 4. The van der Waals surface area contributed by atoms with Crippen LogP contribution in [0, 0.1) is 0 Å². The molecule has 0 aliphatic carbocycles. The predicted molar refractivity (Wildman–Crippen MR) is 167 cm³/mol. The first-order valence-electron chi connectivity index (χ1n) is 12.8. The molecule has 0 amide bonds. The number of halogens is 2. The number of benzene rings is 3. The number of rotatable bonds is 6. The Morgan fingerprint density at radius 1 is 0.905 bits per heavy atom. The van der Waals surface area contributed by atoms with Crippen LogP contribution in [0.5, 0.6) is 11.5 Å². The summed E-state index contributed by atoms with van der Waals surface area (Å²) < 4.78 is 10.9. The number of methoxy groups -OCH3 is 2. The van der Waals surface area contributed by atoms with Gasteiger partial charge in [0.15, 0.2) is 23.1 Å². The van der Waals surface area contributed by atoms with Crippen LogP contribution in [0.1, 0.15) is 23.6 Å². The molecule has 1 unspecified atom stereocenters. The molecular formula is C29H25Cl2N9O2. The van der Waals surface area contributed by atoms with E-state index in [9.17, 15) is 0 Å². The van der Waals surface area contributed by atoms with E-state index in [1.807, 2.05) is 48.5 Å². The second-order valence-corrected chi connectivity index (χ2v) is 10.2. The van der Waals surface area contributed by atoms with E-state index in [-0.39, 0.29) is 23.1 Å². The Kier molecular flexibility index (Phi) is 7.27. The number of hydrogen-bond acceptors (Lipinski definition) is 11. The summed E-state index contributed by atoms with van der Waals surface area (Å²) >= 11 is 12.4. The minimum atomic E-state index is -0.195. The van der Waals surface area contributed by atoms with E-state index >= 15 is 0 Å². The third-order valence-corrected chi connectivity index (χ3v) is 7.21. The molecule has 0 saturated carbocycles. The van der Waals surface area contributed by atoms with E-state index in [4.69, 9.17) is 49.1 Å². The number of nitrogens with zero attached hydrogens (tertiary/aromatic N) is 5. The number of nitrogen functional groups attached to an aromatic ring is 2. The molecule has 1 aliphatic heterocycles. The van der Waals surface area contributed by atoms with Crippen molar-refractivity contribution < 1.29 is 9.47 Å². The number of aliphatic imine (C=N–C) groups is 1. The Bertz CT molecular complexity index is 1850. The number of nitrogens with one attached hydrogen (secondary N) is 2. The van der Waals surface area contributed by atoms with Gasteiger partial charge in [-0.2, -0.15) is 15.0 Å². The first-order chi connectivity index (χ1) is 20.3. The fourth-order valence-corrected chi connectivity index (χ4v) is 5.11. The molecule has 5 aromatic rings. The number of anilines is 5. The maximum absolute atomic E-state index is 6.29. The second kappa shape index (κ2) is 11.2. The van der Waals surface area contributed by atoms with Crippen molar-refractivity contribution in [2.45, 2.75) is 12.5 Å². The molecular weight excluding hydrogens is 577 g/mol. The minimum Gasteiger partial charge on any atom is -0.493 e. The van der Waals surface area contributed by atoms with Crippen molar-refractivity contribution in [2.24, 2.45) is 4.99 Å². The van der Waals surface area contributed by atoms with E-state index in [0.717, 1.165) is 22.5 Å². The summed E-state index contributed by atoms with van der Waals surface area (Å²) in [6.07, 6.45) is 0.514. The van der Waals surface area contributed by atoms with Gasteiger partial charge in [-0.3, -0.25) is 0 Å². The van der Waals surface area contributed by atoms with Gasteiger partial charge in [-0.1, -0.05) is 35.9 Å². The SMILES string of the molecule is COc1cc2nc(Cl)nc(Nc3cccc(C4=Nc5c(N)nc(N)nc5NC(c5ccc(Cl)cc5)C4)c3)c2cc1OC. The summed E-state index contributed by atoms with van der Waals surface area (Å²) in [5.74, 6) is 2.28. The molecule has 42 heavy (non-hydrogen) atoms. The third-order valence-electron chi connectivity index (χ3n) is 6.79. The first-order valence-corrected chi connectivity index (χ1v) is 13.6. The van der Waals surface area contributed by atoms with Crippen molar-refractivity contribution in [2.75, 3.05) is 36.3 Å². The topological polar surface area (TPSA) is 158 Å². The maximum atomic E-state index is 6.29. The normalized spacial score (nSPS) is 14.4. The van der Waals surface area contributed by atoms with Gasteiger partial charge in [0.1, 0.15) is 11.5 Å². The highest BCUT2D eigenvalue weighted by molar-refractivity contribution is 6.30. The lowest BCUT2D eigenvalue weighted by Gasteiger charge is -2.19. The van der Waals surface area contributed by atoms with E-state index in [1.54, 1.807) is 26.4 Å². The molecule has 0 spiro atoms. The molecule has 11 nitrogen and oxygen atoms in total. The molecule has 3 aromatic carbocycles. The van der Waals surface area contributed by atoms with Gasteiger partial charge in [0.05, 0.1) is 31.5 Å². The smallest absolute Gasteiger partial charge is 0.224 e. The lowest BCUT2D eigenvalue weighted by Crippen LogP contribution is -2.15.